The Labute approximate surface area is 111 Å². The third-order valence-electron chi connectivity index (χ3n) is 2.03. The Morgan fingerprint density at radius 1 is 1.40 bits per heavy atom. The molecule has 82 valence electrons. The minimum atomic E-state index is 0. The number of benzene rings is 1. The van der Waals surface area contributed by atoms with Crippen LogP contribution in [-0.2, 0) is 0 Å². The average Bonchev–Trinajstić information content (AvgIpc) is 2.71. The van der Waals surface area contributed by atoms with Gasteiger partial charge in [0.15, 0.2) is 5.96 Å². The largest absolute Gasteiger partial charge is 0.354 e. The summed E-state index contributed by atoms with van der Waals surface area (Å²) in [6.45, 7) is 1.80. The minimum Gasteiger partial charge on any atom is -0.354 e. The van der Waals surface area contributed by atoms with Gasteiger partial charge in [0.25, 0.3) is 0 Å². The SMILES string of the molecule is CSc1ccccc1NC1=NCCN1.I. The first-order valence-electron chi connectivity index (χ1n) is 4.58. The van der Waals surface area contributed by atoms with E-state index in [1.807, 2.05) is 12.1 Å². The molecule has 0 atom stereocenters. The summed E-state index contributed by atoms with van der Waals surface area (Å²) in [6, 6.07) is 8.23. The quantitative estimate of drug-likeness (QED) is 0.644. The van der Waals surface area contributed by atoms with Crippen LogP contribution in [0.3, 0.4) is 0 Å². The maximum Gasteiger partial charge on any atom is 0.195 e. The van der Waals surface area contributed by atoms with Crippen molar-refractivity contribution in [3.63, 3.8) is 0 Å². The van der Waals surface area contributed by atoms with Gasteiger partial charge in [-0.1, -0.05) is 12.1 Å². The van der Waals surface area contributed by atoms with Crippen molar-refractivity contribution in [2.24, 2.45) is 4.99 Å². The summed E-state index contributed by atoms with van der Waals surface area (Å²) in [5.41, 5.74) is 1.12. The van der Waals surface area contributed by atoms with Gasteiger partial charge in [-0.2, -0.15) is 0 Å². The monoisotopic (exact) mass is 335 g/mol. The fourth-order valence-electron chi connectivity index (χ4n) is 1.36. The molecule has 5 heteroatoms. The molecule has 0 amide bonds. The van der Waals surface area contributed by atoms with Gasteiger partial charge < -0.3 is 10.6 Å². The molecule has 0 aliphatic carbocycles. The molecule has 1 aromatic carbocycles. The van der Waals surface area contributed by atoms with E-state index in [0.717, 1.165) is 24.7 Å². The Kier molecular flexibility index (Phi) is 5.24. The van der Waals surface area contributed by atoms with Crippen molar-refractivity contribution in [1.82, 2.24) is 5.32 Å². The topological polar surface area (TPSA) is 36.4 Å². The van der Waals surface area contributed by atoms with Crippen LogP contribution in [-0.4, -0.2) is 25.3 Å². The van der Waals surface area contributed by atoms with E-state index in [2.05, 4.69) is 34.0 Å². The van der Waals surface area contributed by atoms with E-state index >= 15 is 0 Å². The number of hydrogen-bond donors (Lipinski definition) is 2. The number of rotatable bonds is 2. The number of para-hydroxylation sites is 1. The number of aliphatic imine (C=N–C) groups is 1. The first-order valence-corrected chi connectivity index (χ1v) is 5.81. The van der Waals surface area contributed by atoms with Gasteiger partial charge in [0, 0.05) is 11.4 Å². The van der Waals surface area contributed by atoms with Gasteiger partial charge in [-0.25, -0.2) is 0 Å². The fraction of sp³-hybridized carbons (Fsp3) is 0.300. The lowest BCUT2D eigenvalue weighted by atomic mass is 10.3. The van der Waals surface area contributed by atoms with Crippen LogP contribution in [0.4, 0.5) is 5.69 Å². The molecule has 0 saturated carbocycles. The predicted molar refractivity (Wildman–Crippen MR) is 77.6 cm³/mol. The van der Waals surface area contributed by atoms with Crippen LogP contribution in [0.5, 0.6) is 0 Å². The molecule has 0 fully saturated rings. The Morgan fingerprint density at radius 2 is 2.20 bits per heavy atom. The second kappa shape index (κ2) is 6.22. The molecule has 2 rings (SSSR count). The van der Waals surface area contributed by atoms with Crippen molar-refractivity contribution in [3.8, 4) is 0 Å². The second-order valence-corrected chi connectivity index (χ2v) is 3.83. The summed E-state index contributed by atoms with van der Waals surface area (Å²) in [5, 5.41) is 6.46. The van der Waals surface area contributed by atoms with Crippen molar-refractivity contribution in [3.05, 3.63) is 24.3 Å². The highest BCUT2D eigenvalue weighted by molar-refractivity contribution is 14.0. The van der Waals surface area contributed by atoms with Gasteiger partial charge in [0.05, 0.1) is 12.2 Å². The van der Waals surface area contributed by atoms with E-state index in [0.29, 0.717) is 0 Å². The number of nitrogens with zero attached hydrogens (tertiary/aromatic N) is 1. The lowest BCUT2D eigenvalue weighted by Gasteiger charge is -2.09. The van der Waals surface area contributed by atoms with Crippen molar-refractivity contribution in [2.75, 3.05) is 24.7 Å². The molecular weight excluding hydrogens is 321 g/mol. The first-order chi connectivity index (χ1) is 6.90. The van der Waals surface area contributed by atoms with Crippen LogP contribution in [0.15, 0.2) is 34.2 Å². The van der Waals surface area contributed by atoms with Crippen LogP contribution in [0, 0.1) is 0 Å². The zero-order valence-electron chi connectivity index (χ0n) is 8.49. The number of thioether (sulfide) groups is 1. The van der Waals surface area contributed by atoms with Crippen molar-refractivity contribution in [1.29, 1.82) is 0 Å². The molecule has 0 radical (unpaired) electrons. The summed E-state index contributed by atoms with van der Waals surface area (Å²) < 4.78 is 0. The lowest BCUT2D eigenvalue weighted by molar-refractivity contribution is 0.959. The molecule has 0 spiro atoms. The highest BCUT2D eigenvalue weighted by atomic mass is 127. The van der Waals surface area contributed by atoms with Gasteiger partial charge in [0.1, 0.15) is 0 Å². The Hall–Kier alpha value is -0.430. The van der Waals surface area contributed by atoms with Crippen LogP contribution < -0.4 is 10.6 Å². The summed E-state index contributed by atoms with van der Waals surface area (Å²) in [7, 11) is 0. The molecule has 0 bridgehead atoms. The maximum atomic E-state index is 4.29. The first kappa shape index (κ1) is 12.6. The van der Waals surface area contributed by atoms with E-state index < -0.39 is 0 Å². The summed E-state index contributed by atoms with van der Waals surface area (Å²) in [5.74, 6) is 0.881. The number of nitrogens with one attached hydrogen (secondary N) is 2. The van der Waals surface area contributed by atoms with Crippen molar-refractivity contribution in [2.45, 2.75) is 4.90 Å². The molecule has 3 nitrogen and oxygen atoms in total. The zero-order valence-corrected chi connectivity index (χ0v) is 11.6. The average molecular weight is 335 g/mol. The molecule has 1 aromatic rings. The van der Waals surface area contributed by atoms with Gasteiger partial charge >= 0.3 is 0 Å². The third-order valence-corrected chi connectivity index (χ3v) is 2.83. The number of halogens is 1. The normalized spacial score (nSPS) is 13.8. The van der Waals surface area contributed by atoms with Crippen LogP contribution in [0.2, 0.25) is 0 Å². The van der Waals surface area contributed by atoms with E-state index in [1.165, 1.54) is 4.90 Å². The zero-order chi connectivity index (χ0) is 9.80. The summed E-state index contributed by atoms with van der Waals surface area (Å²) >= 11 is 1.73. The molecule has 1 aliphatic heterocycles. The maximum absolute atomic E-state index is 4.29. The van der Waals surface area contributed by atoms with Crippen molar-refractivity contribution >= 4 is 47.4 Å². The summed E-state index contributed by atoms with van der Waals surface area (Å²) in [4.78, 5) is 5.53. The van der Waals surface area contributed by atoms with E-state index in [9.17, 15) is 0 Å². The lowest BCUT2D eigenvalue weighted by Crippen LogP contribution is -2.26. The highest BCUT2D eigenvalue weighted by Gasteiger charge is 2.06. The minimum absolute atomic E-state index is 0. The van der Waals surface area contributed by atoms with Crippen LogP contribution in [0.1, 0.15) is 0 Å². The van der Waals surface area contributed by atoms with E-state index in [-0.39, 0.29) is 24.0 Å². The van der Waals surface area contributed by atoms with Gasteiger partial charge in [0.2, 0.25) is 0 Å². The smallest absolute Gasteiger partial charge is 0.195 e. The van der Waals surface area contributed by atoms with Gasteiger partial charge in [-0.3, -0.25) is 4.99 Å². The van der Waals surface area contributed by atoms with Gasteiger partial charge in [-0.15, -0.1) is 35.7 Å². The molecule has 2 N–H and O–H groups in total. The predicted octanol–water partition coefficient (Wildman–Crippen LogP) is 2.40. The number of hydrogen-bond acceptors (Lipinski definition) is 4. The molecule has 0 unspecified atom stereocenters. The third kappa shape index (κ3) is 3.27. The summed E-state index contributed by atoms with van der Waals surface area (Å²) in [6.07, 6.45) is 2.07. The molecule has 0 saturated heterocycles. The number of anilines is 1. The standard InChI is InChI=1S/C10H13N3S.HI/c1-14-9-5-3-2-4-8(9)13-10-11-6-7-12-10;/h2-5H,6-7H2,1H3,(H2,11,12,13);1H. The highest BCUT2D eigenvalue weighted by Crippen LogP contribution is 2.24. The van der Waals surface area contributed by atoms with Gasteiger partial charge in [-0.05, 0) is 18.4 Å². The van der Waals surface area contributed by atoms with Crippen LogP contribution >= 0.6 is 35.7 Å². The Bertz CT molecular complexity index is 354. The molecule has 1 aliphatic rings. The fourth-order valence-corrected chi connectivity index (χ4v) is 1.91. The number of guanidine groups is 1. The Morgan fingerprint density at radius 3 is 2.87 bits per heavy atom. The molecule has 15 heavy (non-hydrogen) atoms. The van der Waals surface area contributed by atoms with E-state index in [1.54, 1.807) is 11.8 Å². The second-order valence-electron chi connectivity index (χ2n) is 2.98. The molecule has 1 heterocycles. The van der Waals surface area contributed by atoms with Crippen LogP contribution in [0.25, 0.3) is 0 Å². The Balaban J connectivity index is 0.00000112. The molecular formula is C10H14IN3S. The molecule has 0 aromatic heterocycles. The van der Waals surface area contributed by atoms with Crippen molar-refractivity contribution < 1.29 is 0 Å². The van der Waals surface area contributed by atoms with E-state index in [4.69, 9.17) is 0 Å².